The van der Waals surface area contributed by atoms with Gasteiger partial charge in [-0.1, -0.05) is 30.3 Å². The molecule has 3 N–H and O–H groups in total. The van der Waals surface area contributed by atoms with Gasteiger partial charge in [0.25, 0.3) is 5.91 Å². The quantitative estimate of drug-likeness (QED) is 0.247. The van der Waals surface area contributed by atoms with Gasteiger partial charge in [0.15, 0.2) is 0 Å². The van der Waals surface area contributed by atoms with Crippen LogP contribution in [0.2, 0.25) is 0 Å². The molecule has 5 heterocycles. The number of carbonyl (C=O) groups excluding carboxylic acids is 1. The van der Waals surface area contributed by atoms with Crippen LogP contribution in [0, 0.1) is 0 Å². The first-order chi connectivity index (χ1) is 19.2. The van der Waals surface area contributed by atoms with Crippen LogP contribution >= 0.6 is 0 Å². The first-order valence-corrected chi connectivity index (χ1v) is 12.4. The van der Waals surface area contributed by atoms with Crippen molar-refractivity contribution in [2.24, 2.45) is 0 Å². The number of hydrogen-bond donors (Lipinski definition) is 3. The van der Waals surface area contributed by atoms with Gasteiger partial charge in [-0.3, -0.25) is 19.9 Å². The maximum absolute atomic E-state index is 12.6. The van der Waals surface area contributed by atoms with Crippen LogP contribution in [-0.4, -0.2) is 36.0 Å². The van der Waals surface area contributed by atoms with E-state index in [1.807, 2.05) is 54.6 Å². The van der Waals surface area contributed by atoms with Gasteiger partial charge in [0.2, 0.25) is 0 Å². The molecule has 0 aliphatic heterocycles. The molecule has 0 fully saturated rings. The molecule has 8 nitrogen and oxygen atoms in total. The van der Waals surface area contributed by atoms with Gasteiger partial charge in [0.05, 0.1) is 28.8 Å². The van der Waals surface area contributed by atoms with Crippen molar-refractivity contribution in [2.75, 3.05) is 5.32 Å². The van der Waals surface area contributed by atoms with Crippen molar-refractivity contribution in [3.05, 3.63) is 115 Å². The smallest absolute Gasteiger partial charge is 0.255 e. The monoisotopic (exact) mass is 507 g/mol. The number of aromatic amines is 2. The summed E-state index contributed by atoms with van der Waals surface area (Å²) in [6, 6.07) is 27.1. The third-order valence-electron chi connectivity index (χ3n) is 6.65. The molecule has 5 aromatic heterocycles. The Labute approximate surface area is 222 Å². The summed E-state index contributed by atoms with van der Waals surface area (Å²) in [5.41, 5.74) is 9.06. The number of hydrogen-bond acceptors (Lipinski definition) is 5. The normalized spacial score (nSPS) is 11.2. The van der Waals surface area contributed by atoms with E-state index >= 15 is 0 Å². The van der Waals surface area contributed by atoms with Crippen molar-refractivity contribution in [1.82, 2.24) is 30.1 Å². The average Bonchev–Trinajstić information content (AvgIpc) is 3.62. The molecule has 39 heavy (non-hydrogen) atoms. The van der Waals surface area contributed by atoms with E-state index in [1.165, 1.54) is 0 Å². The molecule has 7 aromatic rings. The van der Waals surface area contributed by atoms with Crippen molar-refractivity contribution >= 4 is 33.5 Å². The van der Waals surface area contributed by atoms with Crippen LogP contribution in [-0.2, 0) is 0 Å². The summed E-state index contributed by atoms with van der Waals surface area (Å²) in [4.78, 5) is 29.5. The van der Waals surface area contributed by atoms with Gasteiger partial charge in [0, 0.05) is 40.6 Å². The van der Waals surface area contributed by atoms with Gasteiger partial charge in [-0.25, -0.2) is 4.98 Å². The number of carbonyl (C=O) groups is 1. The maximum atomic E-state index is 12.6. The topological polar surface area (TPSA) is 112 Å². The number of aromatic nitrogens is 6. The number of amides is 1. The zero-order valence-electron chi connectivity index (χ0n) is 20.6. The Bertz CT molecular complexity index is 1960. The van der Waals surface area contributed by atoms with E-state index in [0.717, 1.165) is 55.7 Å². The highest BCUT2D eigenvalue weighted by Gasteiger charge is 2.16. The van der Waals surface area contributed by atoms with Gasteiger partial charge >= 0.3 is 0 Å². The van der Waals surface area contributed by atoms with E-state index in [2.05, 4.69) is 48.7 Å². The highest BCUT2D eigenvalue weighted by molar-refractivity contribution is 6.04. The average molecular weight is 508 g/mol. The van der Waals surface area contributed by atoms with E-state index in [-0.39, 0.29) is 5.91 Å². The zero-order chi connectivity index (χ0) is 26.2. The number of H-pyrrole nitrogens is 2. The minimum Gasteiger partial charge on any atom is -0.353 e. The summed E-state index contributed by atoms with van der Waals surface area (Å²) in [5.74, 6) is -0.194. The molecule has 7 rings (SSSR count). The number of benzene rings is 2. The molecule has 0 radical (unpaired) electrons. The fourth-order valence-corrected chi connectivity index (χ4v) is 4.75. The second kappa shape index (κ2) is 9.35. The lowest BCUT2D eigenvalue weighted by molar-refractivity contribution is 0.102. The van der Waals surface area contributed by atoms with E-state index in [4.69, 9.17) is 4.98 Å². The summed E-state index contributed by atoms with van der Waals surface area (Å²) < 4.78 is 0. The lowest BCUT2D eigenvalue weighted by Crippen LogP contribution is -2.11. The molecule has 0 aliphatic carbocycles. The van der Waals surface area contributed by atoms with Crippen molar-refractivity contribution in [1.29, 1.82) is 0 Å². The van der Waals surface area contributed by atoms with Crippen molar-refractivity contribution < 1.29 is 4.79 Å². The largest absolute Gasteiger partial charge is 0.353 e. The van der Waals surface area contributed by atoms with Crippen molar-refractivity contribution in [2.45, 2.75) is 0 Å². The molecule has 0 bridgehead atoms. The number of nitrogens with one attached hydrogen (secondary N) is 3. The lowest BCUT2D eigenvalue weighted by Gasteiger charge is -2.07. The Kier molecular flexibility index (Phi) is 5.41. The van der Waals surface area contributed by atoms with Crippen LogP contribution in [0.3, 0.4) is 0 Å². The van der Waals surface area contributed by atoms with Crippen LogP contribution in [0.4, 0.5) is 5.69 Å². The van der Waals surface area contributed by atoms with Gasteiger partial charge in [-0.15, -0.1) is 0 Å². The predicted molar refractivity (Wildman–Crippen MR) is 152 cm³/mol. The number of anilines is 1. The molecule has 2 aromatic carbocycles. The van der Waals surface area contributed by atoms with E-state index in [1.54, 1.807) is 36.9 Å². The number of rotatable bonds is 5. The third kappa shape index (κ3) is 4.19. The minimum atomic E-state index is -0.194. The number of nitrogens with zero attached hydrogens (tertiary/aromatic N) is 4. The Morgan fingerprint density at radius 2 is 1.64 bits per heavy atom. The first-order valence-electron chi connectivity index (χ1n) is 12.4. The first kappa shape index (κ1) is 22.6. The molecule has 186 valence electrons. The molecule has 8 heteroatoms. The number of fused-ring (bicyclic) bond motifs is 2. The second-order valence-corrected chi connectivity index (χ2v) is 9.13. The zero-order valence-corrected chi connectivity index (χ0v) is 20.6. The standard InChI is InChI=1S/C31H21N7O/c39-31(20-5-2-1-3-6-20)34-22-15-21(17-33-18-22)25-9-10-27-29(36-25)30(38-37-27)28-16-24-23(7-4-8-26(24)35-28)19-11-13-32-14-12-19/h1-18,35H,(H,34,39)(H,37,38). The SMILES string of the molecule is O=C(Nc1cncc(-c2ccc3[nH]nc(-c4cc5c(-c6ccncc6)cccc5[nH]4)c3n2)c1)c1ccccc1. The van der Waals surface area contributed by atoms with Gasteiger partial charge in [0.1, 0.15) is 11.2 Å². The van der Waals surface area contributed by atoms with Crippen LogP contribution in [0.5, 0.6) is 0 Å². The molecule has 0 spiro atoms. The van der Waals surface area contributed by atoms with E-state index in [0.29, 0.717) is 11.3 Å². The fraction of sp³-hybridized carbons (Fsp3) is 0. The summed E-state index contributed by atoms with van der Waals surface area (Å²) in [6.07, 6.45) is 6.95. The summed E-state index contributed by atoms with van der Waals surface area (Å²) in [6.45, 7) is 0. The fourth-order valence-electron chi connectivity index (χ4n) is 4.75. The maximum Gasteiger partial charge on any atom is 0.255 e. The highest BCUT2D eigenvalue weighted by atomic mass is 16.1. The van der Waals surface area contributed by atoms with Crippen molar-refractivity contribution in [3.63, 3.8) is 0 Å². The molecule has 0 unspecified atom stereocenters. The highest BCUT2D eigenvalue weighted by Crippen LogP contribution is 2.34. The van der Waals surface area contributed by atoms with E-state index < -0.39 is 0 Å². The summed E-state index contributed by atoms with van der Waals surface area (Å²) in [5, 5.41) is 11.7. The third-order valence-corrected chi connectivity index (χ3v) is 6.65. The van der Waals surface area contributed by atoms with Crippen molar-refractivity contribution in [3.8, 4) is 33.8 Å². The second-order valence-electron chi connectivity index (χ2n) is 9.13. The molecule has 0 saturated carbocycles. The predicted octanol–water partition coefficient (Wildman–Crippen LogP) is 6.48. The molecular weight excluding hydrogens is 486 g/mol. The van der Waals surface area contributed by atoms with Gasteiger partial charge in [-0.2, -0.15) is 5.10 Å². The van der Waals surface area contributed by atoms with Gasteiger partial charge in [-0.05, 0) is 65.7 Å². The van der Waals surface area contributed by atoms with Crippen LogP contribution in [0.1, 0.15) is 10.4 Å². The van der Waals surface area contributed by atoms with Crippen LogP contribution < -0.4 is 5.32 Å². The Morgan fingerprint density at radius 3 is 2.51 bits per heavy atom. The molecule has 0 atom stereocenters. The Hall–Kier alpha value is -5.63. The molecule has 1 amide bonds. The van der Waals surface area contributed by atoms with Gasteiger partial charge < -0.3 is 10.3 Å². The Balaban J connectivity index is 1.25. The van der Waals surface area contributed by atoms with E-state index in [9.17, 15) is 4.79 Å². The Morgan fingerprint density at radius 1 is 0.769 bits per heavy atom. The lowest BCUT2D eigenvalue weighted by atomic mass is 10.0. The summed E-state index contributed by atoms with van der Waals surface area (Å²) in [7, 11) is 0. The minimum absolute atomic E-state index is 0.194. The summed E-state index contributed by atoms with van der Waals surface area (Å²) >= 11 is 0. The molecule has 0 aliphatic rings. The van der Waals surface area contributed by atoms with Crippen LogP contribution in [0.25, 0.3) is 55.7 Å². The molecular formula is C31H21N7O. The molecule has 0 saturated heterocycles. The number of pyridine rings is 3. The van der Waals surface area contributed by atoms with Crippen LogP contribution in [0.15, 0.2) is 110 Å².